The highest BCUT2D eigenvalue weighted by Crippen LogP contribution is 2.35. The molecule has 2 N–H and O–H groups in total. The molecule has 1 aromatic rings. The molecule has 6 heteroatoms. The monoisotopic (exact) mass is 317 g/mol. The molecule has 1 aliphatic rings. The van der Waals surface area contributed by atoms with E-state index in [4.69, 9.17) is 33.0 Å². The van der Waals surface area contributed by atoms with Crippen molar-refractivity contribution in [1.29, 1.82) is 0 Å². The van der Waals surface area contributed by atoms with Gasteiger partial charge >= 0.3 is 0 Å². The molecule has 1 amide bonds. The molecule has 1 atom stereocenters. The summed E-state index contributed by atoms with van der Waals surface area (Å²) in [6.07, 6.45) is 2.75. The fourth-order valence-corrected chi connectivity index (χ4v) is 2.84. The lowest BCUT2D eigenvalue weighted by Gasteiger charge is -2.17. The van der Waals surface area contributed by atoms with Crippen molar-refractivity contribution < 1.29 is 14.6 Å². The molecule has 20 heavy (non-hydrogen) atoms. The largest absolute Gasteiger partial charge is 0.494 e. The number of halogens is 2. The molecule has 0 heterocycles. The second-order valence-corrected chi connectivity index (χ2v) is 5.72. The Labute approximate surface area is 128 Å². The number of hydrogen-bond donors (Lipinski definition) is 2. The van der Waals surface area contributed by atoms with Crippen LogP contribution in [0.25, 0.3) is 0 Å². The van der Waals surface area contributed by atoms with Crippen molar-refractivity contribution in [2.75, 3.05) is 13.7 Å². The number of nitrogens with one attached hydrogen (secondary N) is 1. The van der Waals surface area contributed by atoms with Gasteiger partial charge in [-0.2, -0.15) is 0 Å². The zero-order valence-corrected chi connectivity index (χ0v) is 12.7. The van der Waals surface area contributed by atoms with Crippen LogP contribution in [0, 0.1) is 5.92 Å². The molecular formula is C14H17Cl2NO3. The van der Waals surface area contributed by atoms with Crippen molar-refractivity contribution in [3.05, 3.63) is 27.7 Å². The second kappa shape index (κ2) is 6.66. The number of ether oxygens (including phenoxy) is 1. The highest BCUT2D eigenvalue weighted by atomic mass is 35.5. The summed E-state index contributed by atoms with van der Waals surface area (Å²) < 4.78 is 5.05. The van der Waals surface area contributed by atoms with Crippen LogP contribution in [0.4, 0.5) is 0 Å². The third kappa shape index (κ3) is 3.57. The van der Waals surface area contributed by atoms with Crippen LogP contribution in [-0.2, 0) is 0 Å². The smallest absolute Gasteiger partial charge is 0.251 e. The summed E-state index contributed by atoms with van der Waals surface area (Å²) in [6.45, 7) is 0.0611. The molecule has 1 aromatic carbocycles. The summed E-state index contributed by atoms with van der Waals surface area (Å²) in [5.74, 6) is 0.594. The van der Waals surface area contributed by atoms with E-state index in [2.05, 4.69) is 5.32 Å². The molecule has 0 aromatic heterocycles. The number of aliphatic hydroxyl groups is 1. The normalized spacial score (nSPS) is 15.8. The maximum absolute atomic E-state index is 12.2. The summed E-state index contributed by atoms with van der Waals surface area (Å²) >= 11 is 12.0. The molecule has 1 unspecified atom stereocenters. The van der Waals surface area contributed by atoms with Gasteiger partial charge < -0.3 is 15.2 Å². The van der Waals surface area contributed by atoms with Crippen molar-refractivity contribution >= 4 is 29.1 Å². The van der Waals surface area contributed by atoms with Gasteiger partial charge in [-0.05, 0) is 37.3 Å². The number of carbonyl (C=O) groups is 1. The Kier molecular flexibility index (Phi) is 5.13. The standard InChI is InChI=1S/C14H17Cl2NO3/c1-20-13-10(15)6-9(7-11(13)16)14(19)17-12(4-5-18)8-2-3-8/h6-8,12,18H,2-5H2,1H3,(H,17,19). The number of amides is 1. The van der Waals surface area contributed by atoms with Crippen molar-refractivity contribution in [3.63, 3.8) is 0 Å². The van der Waals surface area contributed by atoms with E-state index in [1.54, 1.807) is 0 Å². The number of methoxy groups -OCH3 is 1. The van der Waals surface area contributed by atoms with E-state index in [1.165, 1.54) is 19.2 Å². The van der Waals surface area contributed by atoms with Crippen molar-refractivity contribution in [1.82, 2.24) is 5.32 Å². The predicted molar refractivity (Wildman–Crippen MR) is 78.7 cm³/mol. The van der Waals surface area contributed by atoms with E-state index >= 15 is 0 Å². The van der Waals surface area contributed by atoms with Gasteiger partial charge in [-0.15, -0.1) is 0 Å². The first-order valence-corrected chi connectivity index (χ1v) is 7.27. The first kappa shape index (κ1) is 15.4. The van der Waals surface area contributed by atoms with E-state index in [0.717, 1.165) is 12.8 Å². The van der Waals surface area contributed by atoms with Gasteiger partial charge in [0, 0.05) is 18.2 Å². The number of aliphatic hydroxyl groups excluding tert-OH is 1. The molecule has 2 rings (SSSR count). The first-order valence-electron chi connectivity index (χ1n) is 6.51. The summed E-state index contributed by atoms with van der Waals surface area (Å²) in [5.41, 5.74) is 0.393. The van der Waals surface area contributed by atoms with Crippen LogP contribution < -0.4 is 10.1 Å². The fraction of sp³-hybridized carbons (Fsp3) is 0.500. The molecular weight excluding hydrogens is 301 g/mol. The van der Waals surface area contributed by atoms with Gasteiger partial charge in [0.25, 0.3) is 5.91 Å². The average Bonchev–Trinajstić information content (AvgIpc) is 3.22. The molecule has 1 fully saturated rings. The van der Waals surface area contributed by atoms with Gasteiger partial charge in [-0.1, -0.05) is 23.2 Å². The minimum atomic E-state index is -0.234. The van der Waals surface area contributed by atoms with Crippen LogP contribution >= 0.6 is 23.2 Å². The first-order chi connectivity index (χ1) is 9.56. The highest BCUT2D eigenvalue weighted by Gasteiger charge is 2.32. The van der Waals surface area contributed by atoms with E-state index in [-0.39, 0.29) is 18.6 Å². The molecule has 0 aliphatic heterocycles. The Bertz CT molecular complexity index is 480. The zero-order chi connectivity index (χ0) is 14.7. The maximum atomic E-state index is 12.2. The van der Waals surface area contributed by atoms with E-state index in [1.807, 2.05) is 0 Å². The molecule has 0 radical (unpaired) electrons. The Hall–Kier alpha value is -0.970. The summed E-state index contributed by atoms with van der Waals surface area (Å²) in [6, 6.07) is 3.07. The van der Waals surface area contributed by atoms with Gasteiger partial charge in [0.15, 0.2) is 5.75 Å². The van der Waals surface area contributed by atoms with Gasteiger partial charge in [-0.25, -0.2) is 0 Å². The van der Waals surface area contributed by atoms with Crippen LogP contribution in [0.5, 0.6) is 5.75 Å². The van der Waals surface area contributed by atoms with E-state index in [9.17, 15) is 4.79 Å². The fourth-order valence-electron chi connectivity index (χ4n) is 2.20. The molecule has 4 nitrogen and oxygen atoms in total. The summed E-state index contributed by atoms with van der Waals surface area (Å²) in [4.78, 5) is 12.2. The number of rotatable bonds is 6. The van der Waals surface area contributed by atoms with Crippen molar-refractivity contribution in [3.8, 4) is 5.75 Å². The number of carbonyl (C=O) groups excluding carboxylic acids is 1. The SMILES string of the molecule is COc1c(Cl)cc(C(=O)NC(CCO)C2CC2)cc1Cl. The minimum absolute atomic E-state index is 0.00662. The molecule has 0 bridgehead atoms. The lowest BCUT2D eigenvalue weighted by molar-refractivity contribution is 0.0924. The van der Waals surface area contributed by atoms with Gasteiger partial charge in [0.05, 0.1) is 17.2 Å². The maximum Gasteiger partial charge on any atom is 0.251 e. The van der Waals surface area contributed by atoms with Gasteiger partial charge in [-0.3, -0.25) is 4.79 Å². The van der Waals surface area contributed by atoms with Crippen molar-refractivity contribution in [2.24, 2.45) is 5.92 Å². The quantitative estimate of drug-likeness (QED) is 0.848. The van der Waals surface area contributed by atoms with Crippen LogP contribution in [0.15, 0.2) is 12.1 Å². The lowest BCUT2D eigenvalue weighted by Crippen LogP contribution is -2.37. The van der Waals surface area contributed by atoms with Gasteiger partial charge in [0.2, 0.25) is 0 Å². The second-order valence-electron chi connectivity index (χ2n) is 4.90. The van der Waals surface area contributed by atoms with Crippen LogP contribution in [0.3, 0.4) is 0 Å². The predicted octanol–water partition coefficient (Wildman–Crippen LogP) is 2.89. The number of benzene rings is 1. The summed E-state index contributed by atoms with van der Waals surface area (Å²) in [7, 11) is 1.47. The number of hydrogen-bond acceptors (Lipinski definition) is 3. The Balaban J connectivity index is 2.12. The topological polar surface area (TPSA) is 58.6 Å². The highest BCUT2D eigenvalue weighted by molar-refractivity contribution is 6.37. The molecule has 0 spiro atoms. The third-order valence-electron chi connectivity index (χ3n) is 3.41. The molecule has 1 saturated carbocycles. The van der Waals surface area contributed by atoms with Gasteiger partial charge in [0.1, 0.15) is 0 Å². The van der Waals surface area contributed by atoms with E-state index < -0.39 is 0 Å². The minimum Gasteiger partial charge on any atom is -0.494 e. The zero-order valence-electron chi connectivity index (χ0n) is 11.2. The van der Waals surface area contributed by atoms with Crippen LogP contribution in [0.1, 0.15) is 29.6 Å². The molecule has 0 saturated heterocycles. The molecule has 110 valence electrons. The van der Waals surface area contributed by atoms with Crippen LogP contribution in [-0.4, -0.2) is 30.8 Å². The summed E-state index contributed by atoms with van der Waals surface area (Å²) in [5, 5.41) is 12.6. The lowest BCUT2D eigenvalue weighted by atomic mass is 10.1. The molecule has 1 aliphatic carbocycles. The van der Waals surface area contributed by atoms with Crippen molar-refractivity contribution in [2.45, 2.75) is 25.3 Å². The Morgan fingerprint density at radius 2 is 2.05 bits per heavy atom. The average molecular weight is 318 g/mol. The van der Waals surface area contributed by atoms with E-state index in [0.29, 0.717) is 33.7 Å². The third-order valence-corrected chi connectivity index (χ3v) is 3.97. The Morgan fingerprint density at radius 3 is 2.50 bits per heavy atom. The van der Waals surface area contributed by atoms with Crippen LogP contribution in [0.2, 0.25) is 10.0 Å². The Morgan fingerprint density at radius 1 is 1.45 bits per heavy atom.